The molecule has 120 valence electrons. The number of aromatic nitrogens is 1. The van der Waals surface area contributed by atoms with E-state index in [0.29, 0.717) is 18.0 Å². The van der Waals surface area contributed by atoms with Crippen molar-refractivity contribution in [1.82, 2.24) is 9.29 Å². The van der Waals surface area contributed by atoms with E-state index in [4.69, 9.17) is 5.73 Å². The molecule has 2 rings (SSSR count). The molecule has 0 bridgehead atoms. The Balaban J connectivity index is 2.12. The molecule has 1 fully saturated rings. The van der Waals surface area contributed by atoms with Gasteiger partial charge in [0.25, 0.3) is 0 Å². The van der Waals surface area contributed by atoms with Gasteiger partial charge in [0.05, 0.1) is 4.90 Å². The van der Waals surface area contributed by atoms with Crippen molar-refractivity contribution in [2.24, 2.45) is 11.1 Å². The summed E-state index contributed by atoms with van der Waals surface area (Å²) in [4.78, 5) is 0.323. The van der Waals surface area contributed by atoms with E-state index in [-0.39, 0.29) is 11.5 Å². The number of hydrogen-bond donors (Lipinski definition) is 2. The highest BCUT2D eigenvalue weighted by atomic mass is 32.2. The van der Waals surface area contributed by atoms with Crippen molar-refractivity contribution < 1.29 is 8.42 Å². The summed E-state index contributed by atoms with van der Waals surface area (Å²) < 4.78 is 29.6. The van der Waals surface area contributed by atoms with Crippen molar-refractivity contribution in [1.29, 1.82) is 0 Å². The van der Waals surface area contributed by atoms with Crippen LogP contribution in [-0.4, -0.2) is 19.5 Å². The van der Waals surface area contributed by atoms with E-state index < -0.39 is 10.0 Å². The Labute approximate surface area is 128 Å². The lowest BCUT2D eigenvalue weighted by Crippen LogP contribution is -2.30. The minimum atomic E-state index is -3.44. The van der Waals surface area contributed by atoms with Gasteiger partial charge < -0.3 is 10.3 Å². The predicted molar refractivity (Wildman–Crippen MR) is 84.5 cm³/mol. The van der Waals surface area contributed by atoms with Gasteiger partial charge in [-0.25, -0.2) is 13.1 Å². The van der Waals surface area contributed by atoms with Crippen LogP contribution in [0.25, 0.3) is 0 Å². The first-order valence-electron chi connectivity index (χ1n) is 7.74. The molecular weight excluding hydrogens is 286 g/mol. The standard InChI is InChI=1S/C15H27N3O2S/c1-4-5-15(6-7-15)11-17-21(19,20)14-8-13(9-16)18(10-14)12(2)3/h8,10,12,17H,4-7,9,11,16H2,1-3H3. The van der Waals surface area contributed by atoms with Crippen LogP contribution in [-0.2, 0) is 16.6 Å². The molecule has 0 amide bonds. The van der Waals surface area contributed by atoms with E-state index in [9.17, 15) is 8.42 Å². The second kappa shape index (κ2) is 6.10. The Kier molecular flexibility index (Phi) is 4.80. The molecule has 0 radical (unpaired) electrons. The van der Waals surface area contributed by atoms with E-state index in [2.05, 4.69) is 11.6 Å². The Hall–Kier alpha value is -0.850. The van der Waals surface area contributed by atoms with Gasteiger partial charge in [0.1, 0.15) is 0 Å². The van der Waals surface area contributed by atoms with Gasteiger partial charge in [-0.05, 0) is 44.6 Å². The average molecular weight is 313 g/mol. The molecule has 6 heteroatoms. The summed E-state index contributed by atoms with van der Waals surface area (Å²) >= 11 is 0. The Morgan fingerprint density at radius 1 is 1.43 bits per heavy atom. The lowest BCUT2D eigenvalue weighted by Gasteiger charge is -2.14. The van der Waals surface area contributed by atoms with Crippen LogP contribution in [0.4, 0.5) is 0 Å². The molecule has 0 spiro atoms. The molecule has 0 atom stereocenters. The van der Waals surface area contributed by atoms with E-state index in [1.54, 1.807) is 12.3 Å². The normalized spacial score (nSPS) is 17.4. The monoisotopic (exact) mass is 313 g/mol. The van der Waals surface area contributed by atoms with Crippen LogP contribution in [0, 0.1) is 5.41 Å². The third-order valence-corrected chi connectivity index (χ3v) is 5.73. The van der Waals surface area contributed by atoms with Gasteiger partial charge in [0.15, 0.2) is 0 Å². The first-order valence-corrected chi connectivity index (χ1v) is 9.22. The zero-order valence-corrected chi connectivity index (χ0v) is 14.0. The minimum absolute atomic E-state index is 0.197. The molecule has 5 nitrogen and oxygen atoms in total. The largest absolute Gasteiger partial charge is 0.346 e. The predicted octanol–water partition coefficient (Wildman–Crippen LogP) is 2.39. The zero-order chi connectivity index (χ0) is 15.7. The fraction of sp³-hybridized carbons (Fsp3) is 0.733. The first-order chi connectivity index (χ1) is 9.83. The zero-order valence-electron chi connectivity index (χ0n) is 13.2. The van der Waals surface area contributed by atoms with Gasteiger partial charge in [-0.15, -0.1) is 0 Å². The highest BCUT2D eigenvalue weighted by Crippen LogP contribution is 2.49. The number of rotatable bonds is 8. The molecule has 21 heavy (non-hydrogen) atoms. The van der Waals surface area contributed by atoms with Crippen molar-refractivity contribution in [3.05, 3.63) is 18.0 Å². The summed E-state index contributed by atoms with van der Waals surface area (Å²) in [5.74, 6) is 0. The van der Waals surface area contributed by atoms with Gasteiger partial charge in [-0.3, -0.25) is 0 Å². The summed E-state index contributed by atoms with van der Waals surface area (Å²) in [5, 5.41) is 0. The molecule has 0 aromatic carbocycles. The lowest BCUT2D eigenvalue weighted by molar-refractivity contribution is 0.449. The van der Waals surface area contributed by atoms with Crippen LogP contribution in [0.15, 0.2) is 17.2 Å². The van der Waals surface area contributed by atoms with Crippen molar-refractivity contribution in [2.75, 3.05) is 6.54 Å². The molecule has 0 aliphatic heterocycles. The third kappa shape index (κ3) is 3.67. The minimum Gasteiger partial charge on any atom is -0.346 e. The van der Waals surface area contributed by atoms with Crippen LogP contribution < -0.4 is 10.5 Å². The summed E-state index contributed by atoms with van der Waals surface area (Å²) in [6, 6.07) is 1.88. The summed E-state index contributed by atoms with van der Waals surface area (Å²) in [5.41, 5.74) is 6.76. The highest BCUT2D eigenvalue weighted by Gasteiger charge is 2.42. The summed E-state index contributed by atoms with van der Waals surface area (Å²) in [6.07, 6.45) is 6.14. The molecule has 3 N–H and O–H groups in total. The molecule has 1 aromatic heterocycles. The van der Waals surface area contributed by atoms with Crippen LogP contribution in [0.1, 0.15) is 58.2 Å². The van der Waals surface area contributed by atoms with Crippen molar-refractivity contribution in [3.8, 4) is 0 Å². The van der Waals surface area contributed by atoms with E-state index in [1.807, 2.05) is 18.4 Å². The summed E-state index contributed by atoms with van der Waals surface area (Å²) in [7, 11) is -3.44. The molecule has 1 aromatic rings. The number of nitrogens with two attached hydrogens (primary N) is 1. The molecule has 1 aliphatic carbocycles. The van der Waals surface area contributed by atoms with Crippen LogP contribution in [0.2, 0.25) is 0 Å². The van der Waals surface area contributed by atoms with Crippen molar-refractivity contribution in [2.45, 2.75) is 63.9 Å². The number of sulfonamides is 1. The smallest absolute Gasteiger partial charge is 0.242 e. The van der Waals surface area contributed by atoms with Crippen LogP contribution in [0.5, 0.6) is 0 Å². The molecule has 1 saturated carbocycles. The fourth-order valence-corrected chi connectivity index (χ4v) is 4.05. The van der Waals surface area contributed by atoms with E-state index in [1.165, 1.54) is 0 Å². The fourth-order valence-electron chi connectivity index (χ4n) is 2.84. The number of hydrogen-bond acceptors (Lipinski definition) is 3. The van der Waals surface area contributed by atoms with Gasteiger partial charge in [-0.1, -0.05) is 13.3 Å². The number of nitrogens with zero attached hydrogens (tertiary/aromatic N) is 1. The lowest BCUT2D eigenvalue weighted by atomic mass is 10.0. The average Bonchev–Trinajstić information content (AvgIpc) is 3.03. The Morgan fingerprint density at radius 2 is 2.10 bits per heavy atom. The highest BCUT2D eigenvalue weighted by molar-refractivity contribution is 7.89. The quantitative estimate of drug-likeness (QED) is 0.773. The second-order valence-electron chi connectivity index (χ2n) is 6.45. The van der Waals surface area contributed by atoms with E-state index in [0.717, 1.165) is 31.4 Å². The maximum absolute atomic E-state index is 12.4. The molecule has 0 unspecified atom stereocenters. The van der Waals surface area contributed by atoms with Crippen molar-refractivity contribution in [3.63, 3.8) is 0 Å². The van der Waals surface area contributed by atoms with Crippen molar-refractivity contribution >= 4 is 10.0 Å². The second-order valence-corrected chi connectivity index (χ2v) is 8.21. The molecule has 1 heterocycles. The Bertz CT molecular complexity index is 586. The SMILES string of the molecule is CCCC1(CNS(=O)(=O)c2cc(CN)n(C(C)C)c2)CC1. The van der Waals surface area contributed by atoms with Gasteiger partial charge in [0.2, 0.25) is 10.0 Å². The van der Waals surface area contributed by atoms with Gasteiger partial charge >= 0.3 is 0 Å². The van der Waals surface area contributed by atoms with E-state index >= 15 is 0 Å². The summed E-state index contributed by atoms with van der Waals surface area (Å²) in [6.45, 7) is 7.07. The maximum Gasteiger partial charge on any atom is 0.242 e. The molecule has 0 saturated heterocycles. The maximum atomic E-state index is 12.4. The number of nitrogens with one attached hydrogen (secondary N) is 1. The van der Waals surface area contributed by atoms with Crippen LogP contribution in [0.3, 0.4) is 0 Å². The Morgan fingerprint density at radius 3 is 2.52 bits per heavy atom. The topological polar surface area (TPSA) is 77.1 Å². The van der Waals surface area contributed by atoms with Crippen LogP contribution >= 0.6 is 0 Å². The van der Waals surface area contributed by atoms with Gasteiger partial charge in [0, 0.05) is 31.0 Å². The molecular formula is C15H27N3O2S. The van der Waals surface area contributed by atoms with Gasteiger partial charge in [-0.2, -0.15) is 0 Å². The molecule has 1 aliphatic rings. The first kappa shape index (κ1) is 16.5. The third-order valence-electron chi connectivity index (χ3n) is 4.36.